The average Bonchev–Trinajstić information content (AvgIpc) is 2.06. The fraction of sp³-hybridized carbons (Fsp3) is 0.917. The van der Waals surface area contributed by atoms with Crippen LogP contribution in [-0.2, 0) is 4.79 Å². The van der Waals surface area contributed by atoms with Crippen molar-refractivity contribution in [2.75, 3.05) is 6.61 Å². The Kier molecular flexibility index (Phi) is 4.33. The number of carboxylic acid groups (broad SMARTS) is 1. The molecule has 1 rings (SSSR count). The van der Waals surface area contributed by atoms with Crippen molar-refractivity contribution in [1.29, 1.82) is 0 Å². The van der Waals surface area contributed by atoms with E-state index >= 15 is 0 Å². The third-order valence-corrected chi connectivity index (χ3v) is 3.47. The van der Waals surface area contributed by atoms with Crippen molar-refractivity contribution < 1.29 is 15.0 Å². The van der Waals surface area contributed by atoms with Crippen LogP contribution in [0.25, 0.3) is 0 Å². The summed E-state index contributed by atoms with van der Waals surface area (Å²) < 4.78 is 0. The van der Waals surface area contributed by atoms with Crippen LogP contribution >= 0.6 is 0 Å². The Balaban J connectivity index is 2.52. The minimum atomic E-state index is -0.708. The molecule has 1 saturated carbocycles. The van der Waals surface area contributed by atoms with Crippen LogP contribution in [0.5, 0.6) is 0 Å². The molecule has 1 fully saturated rings. The van der Waals surface area contributed by atoms with Crippen molar-refractivity contribution >= 4 is 5.97 Å². The van der Waals surface area contributed by atoms with E-state index in [-0.39, 0.29) is 30.0 Å². The topological polar surface area (TPSA) is 69.6 Å². The maximum Gasteiger partial charge on any atom is 0.308 e. The second-order valence-corrected chi connectivity index (χ2v) is 5.73. The number of aliphatic carboxylic acids is 1. The highest BCUT2D eigenvalue weighted by Crippen LogP contribution is 2.31. The lowest BCUT2D eigenvalue weighted by Crippen LogP contribution is -2.55. The van der Waals surface area contributed by atoms with Gasteiger partial charge in [-0.2, -0.15) is 0 Å². The first-order valence-electron chi connectivity index (χ1n) is 5.96. The van der Waals surface area contributed by atoms with Crippen molar-refractivity contribution in [3.8, 4) is 0 Å². The molecular formula is C12H23NO3. The lowest BCUT2D eigenvalue weighted by atomic mass is 9.76. The van der Waals surface area contributed by atoms with Gasteiger partial charge in [0.15, 0.2) is 0 Å². The highest BCUT2D eigenvalue weighted by molar-refractivity contribution is 5.72. The molecule has 0 aromatic rings. The SMILES string of the molecule is CC(C)(C)C(CCO)NC1CCC1C(=O)O. The van der Waals surface area contributed by atoms with Crippen molar-refractivity contribution in [1.82, 2.24) is 5.32 Å². The molecule has 4 nitrogen and oxygen atoms in total. The van der Waals surface area contributed by atoms with Crippen LogP contribution in [-0.4, -0.2) is 34.9 Å². The first-order chi connectivity index (χ1) is 7.36. The molecule has 3 unspecified atom stereocenters. The van der Waals surface area contributed by atoms with E-state index < -0.39 is 5.97 Å². The molecule has 0 spiro atoms. The summed E-state index contributed by atoms with van der Waals surface area (Å²) in [7, 11) is 0. The number of hydrogen-bond donors (Lipinski definition) is 3. The minimum Gasteiger partial charge on any atom is -0.481 e. The lowest BCUT2D eigenvalue weighted by Gasteiger charge is -2.41. The van der Waals surface area contributed by atoms with Gasteiger partial charge >= 0.3 is 5.97 Å². The van der Waals surface area contributed by atoms with E-state index in [1.165, 1.54) is 0 Å². The molecule has 0 radical (unpaired) electrons. The van der Waals surface area contributed by atoms with Gasteiger partial charge in [0, 0.05) is 18.7 Å². The molecule has 0 aliphatic heterocycles. The van der Waals surface area contributed by atoms with E-state index in [9.17, 15) is 4.79 Å². The summed E-state index contributed by atoms with van der Waals surface area (Å²) in [6, 6.07) is 0.248. The predicted molar refractivity (Wildman–Crippen MR) is 62.2 cm³/mol. The van der Waals surface area contributed by atoms with Crippen LogP contribution in [0, 0.1) is 11.3 Å². The summed E-state index contributed by atoms with van der Waals surface area (Å²) in [6.07, 6.45) is 2.37. The number of hydrogen-bond acceptors (Lipinski definition) is 3. The molecule has 0 bridgehead atoms. The Morgan fingerprint density at radius 3 is 2.38 bits per heavy atom. The van der Waals surface area contributed by atoms with Crippen molar-refractivity contribution in [3.63, 3.8) is 0 Å². The van der Waals surface area contributed by atoms with Crippen molar-refractivity contribution in [3.05, 3.63) is 0 Å². The van der Waals surface area contributed by atoms with Crippen LogP contribution < -0.4 is 5.32 Å². The zero-order valence-electron chi connectivity index (χ0n) is 10.4. The normalized spacial score (nSPS) is 27.2. The first kappa shape index (κ1) is 13.5. The predicted octanol–water partition coefficient (Wildman–Crippen LogP) is 1.24. The number of carbonyl (C=O) groups is 1. The molecule has 16 heavy (non-hydrogen) atoms. The van der Waals surface area contributed by atoms with Crippen molar-refractivity contribution in [2.45, 2.75) is 52.1 Å². The van der Waals surface area contributed by atoms with E-state index in [2.05, 4.69) is 26.1 Å². The molecule has 0 aromatic carbocycles. The molecule has 1 aliphatic carbocycles. The zero-order valence-corrected chi connectivity index (χ0v) is 10.4. The zero-order chi connectivity index (χ0) is 12.3. The largest absolute Gasteiger partial charge is 0.481 e. The number of aliphatic hydroxyl groups is 1. The van der Waals surface area contributed by atoms with Gasteiger partial charge in [0.25, 0.3) is 0 Å². The molecule has 0 amide bonds. The van der Waals surface area contributed by atoms with Gasteiger partial charge in [-0.1, -0.05) is 20.8 Å². The fourth-order valence-corrected chi connectivity index (χ4v) is 2.15. The summed E-state index contributed by atoms with van der Waals surface area (Å²) in [6.45, 7) is 6.46. The van der Waals surface area contributed by atoms with Gasteiger partial charge in [-0.25, -0.2) is 0 Å². The summed E-state index contributed by atoms with van der Waals surface area (Å²) in [5.74, 6) is -0.955. The molecule has 3 N–H and O–H groups in total. The van der Waals surface area contributed by atoms with Gasteiger partial charge in [0.1, 0.15) is 0 Å². The molecule has 0 aromatic heterocycles. The lowest BCUT2D eigenvalue weighted by molar-refractivity contribution is -0.146. The van der Waals surface area contributed by atoms with Crippen LogP contribution in [0.1, 0.15) is 40.0 Å². The number of carboxylic acids is 1. The fourth-order valence-electron chi connectivity index (χ4n) is 2.15. The van der Waals surface area contributed by atoms with Gasteiger partial charge in [-0.05, 0) is 24.7 Å². The third kappa shape index (κ3) is 3.19. The summed E-state index contributed by atoms with van der Waals surface area (Å²) in [5.41, 5.74) is 0.0430. The highest BCUT2D eigenvalue weighted by atomic mass is 16.4. The second-order valence-electron chi connectivity index (χ2n) is 5.73. The smallest absolute Gasteiger partial charge is 0.308 e. The Labute approximate surface area is 97.0 Å². The maximum atomic E-state index is 10.9. The molecule has 4 heteroatoms. The Morgan fingerprint density at radius 1 is 1.44 bits per heavy atom. The number of rotatable bonds is 5. The molecule has 94 valence electrons. The summed E-state index contributed by atoms with van der Waals surface area (Å²) in [4.78, 5) is 10.9. The monoisotopic (exact) mass is 229 g/mol. The summed E-state index contributed by atoms with van der Waals surface area (Å²) in [5, 5.41) is 21.4. The van der Waals surface area contributed by atoms with Crippen molar-refractivity contribution in [2.24, 2.45) is 11.3 Å². The van der Waals surface area contributed by atoms with Gasteiger partial charge in [0.05, 0.1) is 5.92 Å². The highest BCUT2D eigenvalue weighted by Gasteiger charge is 2.39. The van der Waals surface area contributed by atoms with E-state index in [1.54, 1.807) is 0 Å². The van der Waals surface area contributed by atoms with Gasteiger partial charge in [-0.3, -0.25) is 4.79 Å². The first-order valence-corrected chi connectivity index (χ1v) is 5.96. The molecule has 3 atom stereocenters. The molecule has 0 saturated heterocycles. The number of nitrogens with one attached hydrogen (secondary N) is 1. The third-order valence-electron chi connectivity index (χ3n) is 3.47. The average molecular weight is 229 g/mol. The van der Waals surface area contributed by atoms with E-state index in [0.29, 0.717) is 6.42 Å². The second kappa shape index (κ2) is 5.15. The number of aliphatic hydroxyl groups excluding tert-OH is 1. The van der Waals surface area contributed by atoms with Crippen LogP contribution in [0.2, 0.25) is 0 Å². The standard InChI is InChI=1S/C12H23NO3/c1-12(2,3)10(6-7-14)13-9-5-4-8(9)11(15)16/h8-10,13-14H,4-7H2,1-3H3,(H,15,16). The van der Waals surface area contributed by atoms with E-state index in [0.717, 1.165) is 12.8 Å². The Morgan fingerprint density at radius 2 is 2.06 bits per heavy atom. The quantitative estimate of drug-likeness (QED) is 0.663. The van der Waals surface area contributed by atoms with Gasteiger partial charge in [0.2, 0.25) is 0 Å². The van der Waals surface area contributed by atoms with Crippen LogP contribution in [0.15, 0.2) is 0 Å². The molecular weight excluding hydrogens is 206 g/mol. The van der Waals surface area contributed by atoms with E-state index in [4.69, 9.17) is 10.2 Å². The molecule has 1 aliphatic rings. The van der Waals surface area contributed by atoms with Crippen LogP contribution in [0.3, 0.4) is 0 Å². The van der Waals surface area contributed by atoms with Crippen LogP contribution in [0.4, 0.5) is 0 Å². The Hall–Kier alpha value is -0.610. The van der Waals surface area contributed by atoms with Gasteiger partial charge < -0.3 is 15.5 Å². The molecule has 0 heterocycles. The summed E-state index contributed by atoms with van der Waals surface area (Å²) >= 11 is 0. The Bertz CT molecular complexity index is 247. The maximum absolute atomic E-state index is 10.9. The van der Waals surface area contributed by atoms with Gasteiger partial charge in [-0.15, -0.1) is 0 Å². The minimum absolute atomic E-state index is 0.0430. The van der Waals surface area contributed by atoms with E-state index in [1.807, 2.05) is 0 Å².